The van der Waals surface area contributed by atoms with Gasteiger partial charge in [-0.25, -0.2) is 15.0 Å². The lowest BCUT2D eigenvalue weighted by atomic mass is 10.3. The van der Waals surface area contributed by atoms with Gasteiger partial charge in [0.05, 0.1) is 5.69 Å². The third-order valence-electron chi connectivity index (χ3n) is 3.24. The zero-order valence-electron chi connectivity index (χ0n) is 10.6. The Labute approximate surface area is 105 Å². The fourth-order valence-electron chi connectivity index (χ4n) is 2.18. The molecule has 0 amide bonds. The summed E-state index contributed by atoms with van der Waals surface area (Å²) in [6.07, 6.45) is 6.92. The minimum absolute atomic E-state index is 0.123. The molecule has 1 aliphatic rings. The van der Waals surface area contributed by atoms with Gasteiger partial charge in [0.1, 0.15) is 6.17 Å². The first-order valence-corrected chi connectivity index (χ1v) is 5.81. The normalized spacial score (nSPS) is 18.1. The van der Waals surface area contributed by atoms with Crippen molar-refractivity contribution in [3.05, 3.63) is 30.5 Å². The fourth-order valence-corrected chi connectivity index (χ4v) is 2.18. The maximum atomic E-state index is 4.41. The van der Waals surface area contributed by atoms with Crippen LogP contribution < -0.4 is 9.80 Å². The van der Waals surface area contributed by atoms with Gasteiger partial charge < -0.3 is 4.90 Å². The average Bonchev–Trinajstić information content (AvgIpc) is 2.64. The molecule has 1 unspecified atom stereocenters. The molecule has 92 valence electrons. The summed E-state index contributed by atoms with van der Waals surface area (Å²) in [6, 6.07) is 0. The van der Waals surface area contributed by atoms with Gasteiger partial charge in [-0.1, -0.05) is 0 Å². The summed E-state index contributed by atoms with van der Waals surface area (Å²) in [7, 11) is 2.00. The Morgan fingerprint density at radius 2 is 1.44 bits per heavy atom. The monoisotopic (exact) mass is 242 g/mol. The van der Waals surface area contributed by atoms with Gasteiger partial charge in [0.25, 0.3) is 0 Å². The molecule has 3 rings (SSSR count). The SMILES string of the molecule is Cc1nccnc1N1c2nccnc2N(C)C1C. The van der Waals surface area contributed by atoms with Crippen molar-refractivity contribution in [1.29, 1.82) is 0 Å². The summed E-state index contributed by atoms with van der Waals surface area (Å²) in [4.78, 5) is 21.6. The standard InChI is InChI=1S/C12H14N6/c1-8-10(14-5-4-13-8)18-9(2)17(3)11-12(18)16-7-6-15-11/h4-7,9H,1-3H3. The van der Waals surface area contributed by atoms with Crippen LogP contribution in [0.4, 0.5) is 17.5 Å². The number of aryl methyl sites for hydroxylation is 1. The fraction of sp³-hybridized carbons (Fsp3) is 0.333. The number of nitrogens with zero attached hydrogens (tertiary/aromatic N) is 6. The molecule has 1 aliphatic heterocycles. The van der Waals surface area contributed by atoms with E-state index in [1.54, 1.807) is 24.8 Å². The Morgan fingerprint density at radius 1 is 0.889 bits per heavy atom. The van der Waals surface area contributed by atoms with E-state index in [2.05, 4.69) is 36.7 Å². The first-order chi connectivity index (χ1) is 8.70. The molecule has 0 radical (unpaired) electrons. The topological polar surface area (TPSA) is 58.0 Å². The van der Waals surface area contributed by atoms with Crippen LogP contribution in [-0.4, -0.2) is 33.1 Å². The first-order valence-electron chi connectivity index (χ1n) is 5.81. The Hall–Kier alpha value is -2.24. The van der Waals surface area contributed by atoms with Crippen LogP contribution in [-0.2, 0) is 0 Å². The predicted octanol–water partition coefficient (Wildman–Crippen LogP) is 1.51. The number of anilines is 3. The van der Waals surface area contributed by atoms with Crippen molar-refractivity contribution in [3.8, 4) is 0 Å². The van der Waals surface area contributed by atoms with Gasteiger partial charge in [0.15, 0.2) is 17.5 Å². The van der Waals surface area contributed by atoms with E-state index >= 15 is 0 Å². The first kappa shape index (κ1) is 10.9. The molecule has 0 saturated carbocycles. The molecule has 0 saturated heterocycles. The van der Waals surface area contributed by atoms with E-state index in [0.29, 0.717) is 0 Å². The van der Waals surface area contributed by atoms with Crippen LogP contribution in [0.15, 0.2) is 24.8 Å². The van der Waals surface area contributed by atoms with Crippen molar-refractivity contribution < 1.29 is 0 Å². The van der Waals surface area contributed by atoms with E-state index in [-0.39, 0.29) is 6.17 Å². The molecule has 0 N–H and O–H groups in total. The zero-order valence-corrected chi connectivity index (χ0v) is 10.6. The maximum absolute atomic E-state index is 4.41. The van der Waals surface area contributed by atoms with Crippen molar-refractivity contribution in [2.24, 2.45) is 0 Å². The number of hydrogen-bond donors (Lipinski definition) is 0. The minimum atomic E-state index is 0.123. The van der Waals surface area contributed by atoms with Gasteiger partial charge in [0.2, 0.25) is 0 Å². The largest absolute Gasteiger partial charge is 0.336 e. The molecule has 0 aliphatic carbocycles. The number of hydrogen-bond acceptors (Lipinski definition) is 6. The van der Waals surface area contributed by atoms with E-state index in [1.807, 2.05) is 14.0 Å². The quantitative estimate of drug-likeness (QED) is 0.755. The van der Waals surface area contributed by atoms with E-state index in [1.165, 1.54) is 0 Å². The molecule has 0 bridgehead atoms. The highest BCUT2D eigenvalue weighted by molar-refractivity contribution is 5.76. The van der Waals surface area contributed by atoms with Crippen LogP contribution >= 0.6 is 0 Å². The van der Waals surface area contributed by atoms with E-state index in [4.69, 9.17) is 0 Å². The molecule has 1 atom stereocenters. The number of rotatable bonds is 1. The highest BCUT2D eigenvalue weighted by Gasteiger charge is 2.35. The number of aromatic nitrogens is 4. The molecule has 3 heterocycles. The molecule has 2 aromatic rings. The highest BCUT2D eigenvalue weighted by Crippen LogP contribution is 2.39. The van der Waals surface area contributed by atoms with E-state index < -0.39 is 0 Å². The summed E-state index contributed by atoms with van der Waals surface area (Å²) in [5, 5.41) is 0. The Kier molecular flexibility index (Phi) is 2.36. The molecule has 2 aromatic heterocycles. The maximum Gasteiger partial charge on any atom is 0.179 e. The molecular weight excluding hydrogens is 228 g/mol. The van der Waals surface area contributed by atoms with Crippen LogP contribution in [0, 0.1) is 6.92 Å². The van der Waals surface area contributed by atoms with Gasteiger partial charge in [0, 0.05) is 31.8 Å². The van der Waals surface area contributed by atoms with Crippen LogP contribution in [0.3, 0.4) is 0 Å². The van der Waals surface area contributed by atoms with Crippen molar-refractivity contribution in [2.45, 2.75) is 20.0 Å². The van der Waals surface area contributed by atoms with E-state index in [0.717, 1.165) is 23.1 Å². The average molecular weight is 242 g/mol. The molecule has 0 fully saturated rings. The number of fused-ring (bicyclic) bond motifs is 1. The van der Waals surface area contributed by atoms with Crippen LogP contribution in [0.25, 0.3) is 0 Å². The van der Waals surface area contributed by atoms with Gasteiger partial charge in [-0.2, -0.15) is 0 Å². The highest BCUT2D eigenvalue weighted by atomic mass is 15.5. The summed E-state index contributed by atoms with van der Waals surface area (Å²) < 4.78 is 0. The van der Waals surface area contributed by atoms with Gasteiger partial charge in [-0.3, -0.25) is 9.88 Å². The smallest absolute Gasteiger partial charge is 0.179 e. The predicted molar refractivity (Wildman–Crippen MR) is 68.8 cm³/mol. The summed E-state index contributed by atoms with van der Waals surface area (Å²) >= 11 is 0. The Morgan fingerprint density at radius 3 is 2.11 bits per heavy atom. The second kappa shape index (κ2) is 3.90. The molecule has 0 spiro atoms. The summed E-state index contributed by atoms with van der Waals surface area (Å²) in [6.45, 7) is 4.04. The third kappa shape index (κ3) is 1.42. The minimum Gasteiger partial charge on any atom is -0.336 e. The van der Waals surface area contributed by atoms with Crippen LogP contribution in [0.1, 0.15) is 12.6 Å². The van der Waals surface area contributed by atoms with Crippen molar-refractivity contribution >= 4 is 17.5 Å². The Balaban J connectivity index is 2.16. The van der Waals surface area contributed by atoms with Crippen LogP contribution in [0.5, 0.6) is 0 Å². The summed E-state index contributed by atoms with van der Waals surface area (Å²) in [5.74, 6) is 2.53. The molecule has 18 heavy (non-hydrogen) atoms. The molecule has 6 heteroatoms. The van der Waals surface area contributed by atoms with E-state index in [9.17, 15) is 0 Å². The van der Waals surface area contributed by atoms with Crippen molar-refractivity contribution in [1.82, 2.24) is 19.9 Å². The summed E-state index contributed by atoms with van der Waals surface area (Å²) in [5.41, 5.74) is 0.885. The van der Waals surface area contributed by atoms with Gasteiger partial charge in [-0.05, 0) is 13.8 Å². The second-order valence-electron chi connectivity index (χ2n) is 4.28. The lowest BCUT2D eigenvalue weighted by Crippen LogP contribution is -2.36. The van der Waals surface area contributed by atoms with Crippen LogP contribution in [0.2, 0.25) is 0 Å². The lowest BCUT2D eigenvalue weighted by molar-refractivity contribution is 0.716. The zero-order chi connectivity index (χ0) is 12.7. The van der Waals surface area contributed by atoms with Crippen molar-refractivity contribution in [2.75, 3.05) is 16.8 Å². The molecule has 6 nitrogen and oxygen atoms in total. The Bertz CT molecular complexity index is 584. The molecular formula is C12H14N6. The van der Waals surface area contributed by atoms with Gasteiger partial charge >= 0.3 is 0 Å². The molecule has 0 aromatic carbocycles. The second-order valence-corrected chi connectivity index (χ2v) is 4.28. The van der Waals surface area contributed by atoms with Gasteiger partial charge in [-0.15, -0.1) is 0 Å². The third-order valence-corrected chi connectivity index (χ3v) is 3.24. The lowest BCUT2D eigenvalue weighted by Gasteiger charge is -2.26. The van der Waals surface area contributed by atoms with Crippen molar-refractivity contribution in [3.63, 3.8) is 0 Å².